The van der Waals surface area contributed by atoms with E-state index in [2.05, 4.69) is 10.3 Å². The lowest BCUT2D eigenvalue weighted by atomic mass is 10.3. The first kappa shape index (κ1) is 10.0. The van der Waals surface area contributed by atoms with Gasteiger partial charge in [0.1, 0.15) is 6.04 Å². The number of primary amides is 1. The van der Waals surface area contributed by atoms with E-state index < -0.39 is 11.9 Å². The molecule has 1 heterocycles. The van der Waals surface area contributed by atoms with E-state index in [1.165, 1.54) is 18.7 Å². The van der Waals surface area contributed by atoms with Crippen molar-refractivity contribution >= 4 is 28.6 Å². The van der Waals surface area contributed by atoms with Gasteiger partial charge >= 0.3 is 0 Å². The SMILES string of the molecule is CC(=O)NCC1=NC(C(N)=O)CS1. The van der Waals surface area contributed by atoms with E-state index >= 15 is 0 Å². The summed E-state index contributed by atoms with van der Waals surface area (Å²) >= 11 is 1.46. The van der Waals surface area contributed by atoms with E-state index in [4.69, 9.17) is 5.73 Å². The summed E-state index contributed by atoms with van der Waals surface area (Å²) in [6.45, 7) is 1.83. The second kappa shape index (κ2) is 4.27. The lowest BCUT2D eigenvalue weighted by molar-refractivity contribution is -0.119. The summed E-state index contributed by atoms with van der Waals surface area (Å²) in [6.07, 6.45) is 0. The van der Waals surface area contributed by atoms with E-state index in [1.54, 1.807) is 0 Å². The number of aliphatic imine (C=N–C) groups is 1. The molecule has 1 rings (SSSR count). The first-order chi connectivity index (χ1) is 6.09. The monoisotopic (exact) mass is 201 g/mol. The van der Waals surface area contributed by atoms with Crippen molar-refractivity contribution in [2.24, 2.45) is 10.7 Å². The molecule has 1 aliphatic rings. The van der Waals surface area contributed by atoms with Crippen LogP contribution >= 0.6 is 11.8 Å². The number of hydrogen-bond donors (Lipinski definition) is 2. The van der Waals surface area contributed by atoms with Crippen LogP contribution in [0.5, 0.6) is 0 Å². The van der Waals surface area contributed by atoms with Gasteiger partial charge in [0, 0.05) is 12.7 Å². The standard InChI is InChI=1S/C7H11N3O2S/c1-4(11)9-2-6-10-5(3-13-6)7(8)12/h5H,2-3H2,1H3,(H2,8,12)(H,9,11). The number of nitrogens with two attached hydrogens (primary N) is 1. The number of carbonyl (C=O) groups excluding carboxylic acids is 2. The Kier molecular flexibility index (Phi) is 3.30. The molecule has 0 fully saturated rings. The molecule has 6 heteroatoms. The molecule has 0 aromatic carbocycles. The molecule has 1 unspecified atom stereocenters. The predicted molar refractivity (Wildman–Crippen MR) is 51.6 cm³/mol. The third-order valence-electron chi connectivity index (χ3n) is 1.52. The van der Waals surface area contributed by atoms with Crippen molar-refractivity contribution in [3.8, 4) is 0 Å². The maximum atomic E-state index is 10.7. The molecule has 2 amide bonds. The van der Waals surface area contributed by atoms with Crippen molar-refractivity contribution in [1.29, 1.82) is 0 Å². The molecule has 0 aliphatic carbocycles. The lowest BCUT2D eigenvalue weighted by Gasteiger charge is -1.98. The van der Waals surface area contributed by atoms with Gasteiger partial charge in [-0.3, -0.25) is 14.6 Å². The Labute approximate surface area is 80.2 Å². The molecular formula is C7H11N3O2S. The molecule has 0 aromatic heterocycles. The molecule has 13 heavy (non-hydrogen) atoms. The summed E-state index contributed by atoms with van der Waals surface area (Å²) in [5.74, 6) is 0.0701. The van der Waals surface area contributed by atoms with Crippen LogP contribution in [0.25, 0.3) is 0 Å². The molecule has 72 valence electrons. The highest BCUT2D eigenvalue weighted by Crippen LogP contribution is 2.16. The second-order valence-corrected chi connectivity index (χ2v) is 3.76. The molecule has 0 aromatic rings. The number of amides is 2. The molecule has 0 radical (unpaired) electrons. The normalized spacial score (nSPS) is 21.0. The first-order valence-corrected chi connectivity index (χ1v) is 4.81. The third kappa shape index (κ3) is 3.06. The quantitative estimate of drug-likeness (QED) is 0.622. The Balaban J connectivity index is 2.41. The Morgan fingerprint density at radius 3 is 2.92 bits per heavy atom. The number of nitrogens with one attached hydrogen (secondary N) is 1. The summed E-state index contributed by atoms with van der Waals surface area (Å²) in [6, 6.07) is -0.422. The van der Waals surface area contributed by atoms with Gasteiger partial charge in [-0.05, 0) is 0 Å². The second-order valence-electron chi connectivity index (χ2n) is 2.66. The van der Waals surface area contributed by atoms with E-state index in [9.17, 15) is 9.59 Å². The largest absolute Gasteiger partial charge is 0.368 e. The predicted octanol–water partition coefficient (Wildman–Crippen LogP) is -0.878. The van der Waals surface area contributed by atoms with Gasteiger partial charge in [-0.15, -0.1) is 11.8 Å². The number of nitrogens with zero attached hydrogens (tertiary/aromatic N) is 1. The summed E-state index contributed by atoms with van der Waals surface area (Å²) in [5, 5.41) is 3.37. The summed E-state index contributed by atoms with van der Waals surface area (Å²) < 4.78 is 0. The van der Waals surface area contributed by atoms with Crippen molar-refractivity contribution in [2.75, 3.05) is 12.3 Å². The van der Waals surface area contributed by atoms with E-state index in [0.717, 1.165) is 5.04 Å². The van der Waals surface area contributed by atoms with E-state index in [0.29, 0.717) is 12.3 Å². The summed E-state index contributed by atoms with van der Waals surface area (Å²) in [4.78, 5) is 25.3. The minimum atomic E-state index is -0.422. The zero-order valence-corrected chi connectivity index (χ0v) is 8.06. The van der Waals surface area contributed by atoms with Crippen molar-refractivity contribution in [2.45, 2.75) is 13.0 Å². The van der Waals surface area contributed by atoms with Crippen molar-refractivity contribution in [3.05, 3.63) is 0 Å². The molecule has 1 atom stereocenters. The molecule has 1 aliphatic heterocycles. The smallest absolute Gasteiger partial charge is 0.243 e. The van der Waals surface area contributed by atoms with Crippen LogP contribution in [0, 0.1) is 0 Å². The van der Waals surface area contributed by atoms with Crippen LogP contribution in [0.4, 0.5) is 0 Å². The van der Waals surface area contributed by atoms with Crippen molar-refractivity contribution in [1.82, 2.24) is 5.32 Å². The molecule has 3 N–H and O–H groups in total. The highest BCUT2D eigenvalue weighted by Gasteiger charge is 2.22. The minimum absolute atomic E-state index is 0.106. The fourth-order valence-corrected chi connectivity index (χ4v) is 1.83. The molecule has 0 bridgehead atoms. The third-order valence-corrected chi connectivity index (χ3v) is 2.59. The summed E-state index contributed by atoms with van der Waals surface area (Å²) in [7, 11) is 0. The average Bonchev–Trinajstić information content (AvgIpc) is 2.48. The first-order valence-electron chi connectivity index (χ1n) is 3.83. The Morgan fingerprint density at radius 1 is 1.77 bits per heavy atom. The van der Waals surface area contributed by atoms with Gasteiger partial charge in [0.2, 0.25) is 11.8 Å². The maximum Gasteiger partial charge on any atom is 0.243 e. The van der Waals surface area contributed by atoms with Crippen LogP contribution in [-0.4, -0.2) is 35.2 Å². The van der Waals surface area contributed by atoms with Crippen LogP contribution in [0.15, 0.2) is 4.99 Å². The number of thioether (sulfide) groups is 1. The topological polar surface area (TPSA) is 84.6 Å². The average molecular weight is 201 g/mol. The van der Waals surface area contributed by atoms with Crippen LogP contribution in [0.1, 0.15) is 6.92 Å². The number of hydrogen-bond acceptors (Lipinski definition) is 4. The molecule has 0 saturated carbocycles. The highest BCUT2D eigenvalue weighted by atomic mass is 32.2. The Morgan fingerprint density at radius 2 is 2.46 bits per heavy atom. The highest BCUT2D eigenvalue weighted by molar-refractivity contribution is 8.14. The van der Waals surface area contributed by atoms with Gasteiger partial charge in [-0.2, -0.15) is 0 Å². The van der Waals surface area contributed by atoms with Gasteiger partial charge in [0.25, 0.3) is 0 Å². The van der Waals surface area contributed by atoms with Crippen LogP contribution in [0.2, 0.25) is 0 Å². The molecule has 0 saturated heterocycles. The number of rotatable bonds is 3. The van der Waals surface area contributed by atoms with E-state index in [1.807, 2.05) is 0 Å². The van der Waals surface area contributed by atoms with Gasteiger partial charge < -0.3 is 11.1 Å². The molecule has 0 spiro atoms. The Bertz CT molecular complexity index is 264. The lowest BCUT2D eigenvalue weighted by Crippen LogP contribution is -2.27. The Hall–Kier alpha value is -1.04. The van der Waals surface area contributed by atoms with Crippen LogP contribution < -0.4 is 11.1 Å². The zero-order chi connectivity index (χ0) is 9.84. The van der Waals surface area contributed by atoms with Gasteiger partial charge in [-0.25, -0.2) is 0 Å². The summed E-state index contributed by atoms with van der Waals surface area (Å²) in [5.41, 5.74) is 5.07. The molecule has 5 nitrogen and oxygen atoms in total. The van der Waals surface area contributed by atoms with Crippen molar-refractivity contribution in [3.63, 3.8) is 0 Å². The zero-order valence-electron chi connectivity index (χ0n) is 7.24. The fraction of sp³-hybridized carbons (Fsp3) is 0.571. The maximum absolute atomic E-state index is 10.7. The van der Waals surface area contributed by atoms with Gasteiger partial charge in [0.15, 0.2) is 0 Å². The molecular weight excluding hydrogens is 190 g/mol. The van der Waals surface area contributed by atoms with Crippen LogP contribution in [0.3, 0.4) is 0 Å². The number of carbonyl (C=O) groups is 2. The minimum Gasteiger partial charge on any atom is -0.368 e. The van der Waals surface area contributed by atoms with Crippen LogP contribution in [-0.2, 0) is 9.59 Å². The van der Waals surface area contributed by atoms with Gasteiger partial charge in [0.05, 0.1) is 11.6 Å². The van der Waals surface area contributed by atoms with E-state index in [-0.39, 0.29) is 5.91 Å². The van der Waals surface area contributed by atoms with Gasteiger partial charge in [-0.1, -0.05) is 0 Å². The fourth-order valence-electron chi connectivity index (χ4n) is 0.866. The van der Waals surface area contributed by atoms with Crippen molar-refractivity contribution < 1.29 is 9.59 Å².